The van der Waals surface area contributed by atoms with Crippen LogP contribution in [0.4, 0.5) is 5.69 Å². The normalized spacial score (nSPS) is 16.1. The van der Waals surface area contributed by atoms with Crippen LogP contribution in [0.3, 0.4) is 0 Å². The van der Waals surface area contributed by atoms with Gasteiger partial charge in [0, 0.05) is 56.3 Å². The second-order valence-corrected chi connectivity index (χ2v) is 9.54. The second-order valence-electron chi connectivity index (χ2n) is 9.54. The number of nitrogens with zero attached hydrogens (tertiary/aromatic N) is 3. The number of rotatable bonds is 8. The Hall–Kier alpha value is -3.12. The molecule has 0 spiro atoms. The lowest BCUT2D eigenvalue weighted by Crippen LogP contribution is -2.44. The Morgan fingerprint density at radius 1 is 1.06 bits per heavy atom. The molecule has 6 heteroatoms. The first-order valence-electron chi connectivity index (χ1n) is 12.5. The van der Waals surface area contributed by atoms with Gasteiger partial charge in [-0.15, -0.1) is 0 Å². The Balaban J connectivity index is 1.83. The second kappa shape index (κ2) is 12.0. The summed E-state index contributed by atoms with van der Waals surface area (Å²) in [5, 5.41) is 3.21. The number of benzene rings is 2. The van der Waals surface area contributed by atoms with Crippen molar-refractivity contribution in [1.82, 2.24) is 10.2 Å². The lowest BCUT2D eigenvalue weighted by molar-refractivity contribution is 0.0939. The molecule has 1 aliphatic rings. The summed E-state index contributed by atoms with van der Waals surface area (Å²) in [6.45, 7) is 14.0. The van der Waals surface area contributed by atoms with Gasteiger partial charge in [0.05, 0.1) is 12.1 Å². The molecule has 35 heavy (non-hydrogen) atoms. The quantitative estimate of drug-likeness (QED) is 0.537. The van der Waals surface area contributed by atoms with Crippen LogP contribution in [0.1, 0.15) is 60.8 Å². The van der Waals surface area contributed by atoms with Crippen molar-refractivity contribution < 1.29 is 9.53 Å². The molecule has 6 nitrogen and oxygen atoms in total. The van der Waals surface area contributed by atoms with Crippen LogP contribution in [0.5, 0.6) is 5.75 Å². The number of piperazine rings is 1. The fraction of sp³-hybridized carbons (Fsp3) is 0.448. The fourth-order valence-electron chi connectivity index (χ4n) is 4.31. The van der Waals surface area contributed by atoms with E-state index < -0.39 is 0 Å². The maximum Gasteiger partial charge on any atom is 0.252 e. The first kappa shape index (κ1) is 26.5. The average Bonchev–Trinajstić information content (AvgIpc) is 2.83. The Morgan fingerprint density at radius 2 is 1.77 bits per heavy atom. The minimum atomic E-state index is -0.169. The van der Waals surface area contributed by atoms with Crippen molar-refractivity contribution in [1.29, 1.82) is 0 Å². The molecule has 1 N–H and O–H groups in total. The fourth-order valence-corrected chi connectivity index (χ4v) is 4.31. The summed E-state index contributed by atoms with van der Waals surface area (Å²) in [6, 6.07) is 12.1. The smallest absolute Gasteiger partial charge is 0.252 e. The maximum absolute atomic E-state index is 13.3. The molecule has 1 heterocycles. The number of nitrogens with one attached hydrogen (secondary N) is 1. The molecule has 1 amide bonds. The number of carbonyl (C=O) groups is 1. The zero-order valence-electron chi connectivity index (χ0n) is 22.3. The average molecular weight is 477 g/mol. The summed E-state index contributed by atoms with van der Waals surface area (Å²) in [6.07, 6.45) is 3.92. The Morgan fingerprint density at radius 3 is 2.40 bits per heavy atom. The van der Waals surface area contributed by atoms with Gasteiger partial charge in [-0.25, -0.2) is 0 Å². The van der Waals surface area contributed by atoms with Crippen LogP contribution in [-0.2, 0) is 0 Å². The van der Waals surface area contributed by atoms with Gasteiger partial charge in [0.15, 0.2) is 0 Å². The van der Waals surface area contributed by atoms with Crippen LogP contribution in [0.15, 0.2) is 47.5 Å². The number of anilines is 1. The van der Waals surface area contributed by atoms with Gasteiger partial charge in [-0.2, -0.15) is 0 Å². The number of carbonyl (C=O) groups excluding carboxylic acids is 1. The van der Waals surface area contributed by atoms with Crippen LogP contribution < -0.4 is 15.0 Å². The van der Waals surface area contributed by atoms with E-state index in [0.29, 0.717) is 0 Å². The number of hydrogen-bond acceptors (Lipinski definition) is 5. The van der Waals surface area contributed by atoms with Crippen LogP contribution in [0.2, 0.25) is 0 Å². The molecule has 1 aliphatic heterocycles. The van der Waals surface area contributed by atoms with E-state index in [9.17, 15) is 4.79 Å². The van der Waals surface area contributed by atoms with Gasteiger partial charge in [-0.3, -0.25) is 9.79 Å². The number of allylic oxidation sites excluding steroid dienone is 2. The predicted octanol–water partition coefficient (Wildman–Crippen LogP) is 5.13. The summed E-state index contributed by atoms with van der Waals surface area (Å²) >= 11 is 0. The van der Waals surface area contributed by atoms with Gasteiger partial charge in [0.2, 0.25) is 0 Å². The van der Waals surface area contributed by atoms with E-state index >= 15 is 0 Å². The summed E-state index contributed by atoms with van der Waals surface area (Å²) in [5.41, 5.74) is 5.78. The molecular formula is C29H40N4O2. The van der Waals surface area contributed by atoms with E-state index in [-0.39, 0.29) is 18.1 Å². The molecule has 2 aromatic carbocycles. The van der Waals surface area contributed by atoms with Crippen molar-refractivity contribution in [2.45, 2.75) is 46.8 Å². The minimum Gasteiger partial charge on any atom is -0.490 e. The lowest BCUT2D eigenvalue weighted by Gasteiger charge is -2.34. The Bertz CT molecular complexity index is 1080. The first-order valence-corrected chi connectivity index (χ1v) is 12.5. The molecular weight excluding hydrogens is 436 g/mol. The molecule has 188 valence electrons. The predicted molar refractivity (Wildman–Crippen MR) is 147 cm³/mol. The third-order valence-electron chi connectivity index (χ3n) is 6.44. The van der Waals surface area contributed by atoms with Crippen molar-refractivity contribution in [3.63, 3.8) is 0 Å². The molecule has 0 unspecified atom stereocenters. The Labute approximate surface area is 210 Å². The lowest BCUT2D eigenvalue weighted by atomic mass is 9.98. The maximum atomic E-state index is 13.3. The van der Waals surface area contributed by atoms with Crippen molar-refractivity contribution >= 4 is 23.4 Å². The monoisotopic (exact) mass is 476 g/mol. The van der Waals surface area contributed by atoms with Crippen LogP contribution in [0, 0.1) is 6.92 Å². The number of ether oxygens (including phenoxy) is 1. The highest BCUT2D eigenvalue weighted by Gasteiger charge is 2.19. The number of amides is 1. The SMILES string of the molecule is C/C=C(\C=NC)c1cc([C@@H](C)NC(=O)c2cc(N3CCN(C)CC3)ccc2C)ccc1OC(C)C. The van der Waals surface area contributed by atoms with Gasteiger partial charge >= 0.3 is 0 Å². The highest BCUT2D eigenvalue weighted by molar-refractivity contribution is 6.10. The molecule has 1 atom stereocenters. The van der Waals surface area contributed by atoms with E-state index in [2.05, 4.69) is 39.3 Å². The molecule has 2 aromatic rings. The molecule has 1 saturated heterocycles. The van der Waals surface area contributed by atoms with Crippen molar-refractivity contribution in [2.75, 3.05) is 45.2 Å². The van der Waals surface area contributed by atoms with Gasteiger partial charge in [-0.05, 0) is 82.6 Å². The van der Waals surface area contributed by atoms with E-state index in [1.54, 1.807) is 7.05 Å². The summed E-state index contributed by atoms with van der Waals surface area (Å²) < 4.78 is 6.06. The third kappa shape index (κ3) is 6.73. The van der Waals surface area contributed by atoms with Gasteiger partial charge < -0.3 is 19.9 Å². The van der Waals surface area contributed by atoms with E-state index in [1.807, 2.05) is 71.2 Å². The van der Waals surface area contributed by atoms with Crippen LogP contribution in [0.25, 0.3) is 5.57 Å². The number of hydrogen-bond donors (Lipinski definition) is 1. The largest absolute Gasteiger partial charge is 0.490 e. The molecule has 0 saturated carbocycles. The molecule has 3 rings (SSSR count). The van der Waals surface area contributed by atoms with Crippen LogP contribution >= 0.6 is 0 Å². The van der Waals surface area contributed by atoms with Crippen LogP contribution in [-0.4, -0.2) is 63.4 Å². The summed E-state index contributed by atoms with van der Waals surface area (Å²) in [5.74, 6) is 0.752. The van der Waals surface area contributed by atoms with Gasteiger partial charge in [0.1, 0.15) is 5.75 Å². The molecule has 0 radical (unpaired) electrons. The summed E-state index contributed by atoms with van der Waals surface area (Å²) in [4.78, 5) is 22.2. The van der Waals surface area contributed by atoms with E-state index in [1.165, 1.54) is 0 Å². The zero-order valence-corrected chi connectivity index (χ0v) is 22.3. The van der Waals surface area contributed by atoms with Crippen molar-refractivity contribution in [3.05, 3.63) is 64.7 Å². The van der Waals surface area contributed by atoms with Crippen molar-refractivity contribution in [2.24, 2.45) is 4.99 Å². The standard InChI is InChI=1S/C29H40N4O2/c1-8-23(19-30-6)27-17-24(10-12-28(27)35-20(2)3)22(5)31-29(34)26-18-25(11-9-21(26)4)33-15-13-32(7)14-16-33/h8-12,17-20,22H,13-16H2,1-7H3,(H,31,34)/b23-8+,30-19?/t22-/m1/s1. The summed E-state index contributed by atoms with van der Waals surface area (Å²) in [7, 11) is 3.91. The number of aliphatic imine (C=N–C) groups is 1. The topological polar surface area (TPSA) is 57.2 Å². The first-order chi connectivity index (χ1) is 16.7. The Kier molecular flexibility index (Phi) is 9.10. The molecule has 0 aromatic heterocycles. The third-order valence-corrected chi connectivity index (χ3v) is 6.44. The van der Waals surface area contributed by atoms with Gasteiger partial charge in [-0.1, -0.05) is 18.2 Å². The van der Waals surface area contributed by atoms with Crippen molar-refractivity contribution in [3.8, 4) is 5.75 Å². The molecule has 0 bridgehead atoms. The minimum absolute atomic E-state index is 0.0589. The number of aryl methyl sites for hydroxylation is 1. The van der Waals surface area contributed by atoms with E-state index in [0.717, 1.165) is 65.4 Å². The zero-order chi connectivity index (χ0) is 25.5. The van der Waals surface area contributed by atoms with E-state index in [4.69, 9.17) is 4.74 Å². The highest BCUT2D eigenvalue weighted by Crippen LogP contribution is 2.30. The number of likely N-dealkylation sites (N-methyl/N-ethyl adjacent to an activating group) is 1. The van der Waals surface area contributed by atoms with Gasteiger partial charge in [0.25, 0.3) is 5.91 Å². The highest BCUT2D eigenvalue weighted by atomic mass is 16.5. The molecule has 0 aliphatic carbocycles. The molecule has 1 fully saturated rings.